The van der Waals surface area contributed by atoms with E-state index in [1.165, 1.54) is 44.1 Å². The second-order valence-electron chi connectivity index (χ2n) is 8.23. The van der Waals surface area contributed by atoms with Gasteiger partial charge < -0.3 is 10.2 Å². The quantitative estimate of drug-likeness (QED) is 0.659. The van der Waals surface area contributed by atoms with Crippen LogP contribution in [0, 0.1) is 17.8 Å². The van der Waals surface area contributed by atoms with E-state index in [-0.39, 0.29) is 0 Å². The molecule has 1 aliphatic heterocycles. The molecule has 1 saturated carbocycles. The first-order valence-electron chi connectivity index (χ1n) is 10.1. The number of rotatable bonds is 5. The van der Waals surface area contributed by atoms with Crippen molar-refractivity contribution >= 4 is 5.96 Å². The van der Waals surface area contributed by atoms with Crippen LogP contribution in [-0.4, -0.2) is 47.3 Å². The van der Waals surface area contributed by atoms with E-state index in [0.717, 1.165) is 43.9 Å². The highest BCUT2D eigenvalue weighted by Gasteiger charge is 2.25. The van der Waals surface area contributed by atoms with Gasteiger partial charge >= 0.3 is 0 Å². The van der Waals surface area contributed by atoms with Gasteiger partial charge in [0.2, 0.25) is 0 Å². The Morgan fingerprint density at radius 1 is 1.32 bits per heavy atom. The molecule has 0 spiro atoms. The summed E-state index contributed by atoms with van der Waals surface area (Å²) in [4.78, 5) is 6.96. The van der Waals surface area contributed by atoms with Gasteiger partial charge in [-0.1, -0.05) is 26.2 Å². The van der Waals surface area contributed by atoms with E-state index in [4.69, 9.17) is 0 Å². The summed E-state index contributed by atoms with van der Waals surface area (Å²) in [5.74, 6) is 3.63. The fourth-order valence-corrected chi connectivity index (χ4v) is 4.64. The van der Waals surface area contributed by atoms with Gasteiger partial charge in [0, 0.05) is 39.9 Å². The minimum atomic E-state index is 0.710. The number of aromatic nitrogens is 2. The predicted octanol–water partition coefficient (Wildman–Crippen LogP) is 3.08. The number of likely N-dealkylation sites (tertiary alicyclic amines) is 1. The van der Waals surface area contributed by atoms with E-state index in [2.05, 4.69) is 33.4 Å². The minimum Gasteiger partial charge on any atom is -0.356 e. The smallest absolute Gasteiger partial charge is 0.193 e. The van der Waals surface area contributed by atoms with Gasteiger partial charge in [-0.25, -0.2) is 0 Å². The molecule has 25 heavy (non-hydrogen) atoms. The fraction of sp³-hybridized carbons (Fsp3) is 0.800. The van der Waals surface area contributed by atoms with Crippen LogP contribution >= 0.6 is 0 Å². The zero-order valence-electron chi connectivity index (χ0n) is 16.2. The van der Waals surface area contributed by atoms with Gasteiger partial charge in [-0.05, 0) is 49.0 Å². The molecule has 0 radical (unpaired) electrons. The van der Waals surface area contributed by atoms with E-state index in [1.54, 1.807) is 0 Å². The van der Waals surface area contributed by atoms with Crippen LogP contribution in [0.3, 0.4) is 0 Å². The number of nitrogens with one attached hydrogen (secondary N) is 1. The van der Waals surface area contributed by atoms with Crippen LogP contribution in [0.5, 0.6) is 0 Å². The lowest BCUT2D eigenvalue weighted by Gasteiger charge is -2.27. The summed E-state index contributed by atoms with van der Waals surface area (Å²) in [6.07, 6.45) is 13.5. The molecule has 2 aliphatic rings. The lowest BCUT2D eigenvalue weighted by molar-refractivity contribution is 0.269. The first-order valence-corrected chi connectivity index (χ1v) is 10.1. The normalized spacial score (nSPS) is 27.7. The molecule has 3 atom stereocenters. The van der Waals surface area contributed by atoms with Gasteiger partial charge in [-0.15, -0.1) is 0 Å². The van der Waals surface area contributed by atoms with E-state index in [9.17, 15) is 0 Å². The Morgan fingerprint density at radius 3 is 2.92 bits per heavy atom. The van der Waals surface area contributed by atoms with Crippen LogP contribution in [0.4, 0.5) is 0 Å². The Kier molecular flexibility index (Phi) is 6.38. The lowest BCUT2D eigenvalue weighted by Crippen LogP contribution is -2.41. The van der Waals surface area contributed by atoms with Crippen LogP contribution in [-0.2, 0) is 13.5 Å². The summed E-state index contributed by atoms with van der Waals surface area (Å²) >= 11 is 0. The Morgan fingerprint density at radius 2 is 2.20 bits per heavy atom. The summed E-state index contributed by atoms with van der Waals surface area (Å²) in [7, 11) is 3.91. The SMILES string of the molecule is CN=C(NCCC1CCCC(C)C1)N1CCC(Cc2cnn(C)c2)C1. The molecule has 0 bridgehead atoms. The van der Waals surface area contributed by atoms with Crippen molar-refractivity contribution in [1.29, 1.82) is 0 Å². The van der Waals surface area contributed by atoms with Crippen LogP contribution in [0.25, 0.3) is 0 Å². The average molecular weight is 346 g/mol. The first-order chi connectivity index (χ1) is 12.1. The molecule has 2 fully saturated rings. The van der Waals surface area contributed by atoms with Gasteiger partial charge in [0.25, 0.3) is 0 Å². The lowest BCUT2D eigenvalue weighted by atomic mass is 9.81. The molecule has 2 heterocycles. The number of nitrogens with zero attached hydrogens (tertiary/aromatic N) is 4. The largest absolute Gasteiger partial charge is 0.356 e. The number of guanidine groups is 1. The van der Waals surface area contributed by atoms with Crippen molar-refractivity contribution in [2.45, 2.75) is 51.9 Å². The summed E-state index contributed by atoms with van der Waals surface area (Å²) in [5.41, 5.74) is 1.35. The molecule has 1 aromatic heterocycles. The molecule has 0 amide bonds. The molecule has 0 aromatic carbocycles. The van der Waals surface area contributed by atoms with Gasteiger partial charge in [-0.2, -0.15) is 5.10 Å². The van der Waals surface area contributed by atoms with E-state index in [1.807, 2.05) is 25.0 Å². The maximum Gasteiger partial charge on any atom is 0.193 e. The molecule has 1 N–H and O–H groups in total. The average Bonchev–Trinajstić information content (AvgIpc) is 3.21. The zero-order valence-corrected chi connectivity index (χ0v) is 16.2. The Labute approximate surface area is 152 Å². The monoisotopic (exact) mass is 345 g/mol. The molecule has 3 rings (SSSR count). The number of aryl methyl sites for hydroxylation is 1. The Balaban J connectivity index is 1.41. The van der Waals surface area contributed by atoms with Crippen molar-refractivity contribution in [3.8, 4) is 0 Å². The van der Waals surface area contributed by atoms with E-state index >= 15 is 0 Å². The standard InChI is InChI=1S/C20H35N5/c1-16-5-4-6-17(11-16)7-9-22-20(21-2)25-10-8-18(15-25)12-19-13-23-24(3)14-19/h13-14,16-18H,4-12,15H2,1-3H3,(H,21,22). The summed E-state index contributed by atoms with van der Waals surface area (Å²) in [5, 5.41) is 7.91. The highest BCUT2D eigenvalue weighted by atomic mass is 15.3. The summed E-state index contributed by atoms with van der Waals surface area (Å²) in [6, 6.07) is 0. The van der Waals surface area contributed by atoms with Crippen molar-refractivity contribution in [3.05, 3.63) is 18.0 Å². The third kappa shape index (κ3) is 5.23. The van der Waals surface area contributed by atoms with Crippen molar-refractivity contribution in [3.63, 3.8) is 0 Å². The molecular formula is C20H35N5. The van der Waals surface area contributed by atoms with Gasteiger partial charge in [0.15, 0.2) is 5.96 Å². The molecule has 1 aromatic rings. The molecular weight excluding hydrogens is 310 g/mol. The third-order valence-corrected chi connectivity index (χ3v) is 5.96. The molecule has 5 heteroatoms. The van der Waals surface area contributed by atoms with Crippen molar-refractivity contribution < 1.29 is 0 Å². The van der Waals surface area contributed by atoms with Gasteiger partial charge in [0.05, 0.1) is 6.20 Å². The minimum absolute atomic E-state index is 0.710. The Hall–Kier alpha value is -1.52. The van der Waals surface area contributed by atoms with Gasteiger partial charge in [-0.3, -0.25) is 9.67 Å². The van der Waals surface area contributed by atoms with Crippen molar-refractivity contribution in [2.75, 3.05) is 26.7 Å². The molecule has 3 unspecified atom stereocenters. The second kappa shape index (κ2) is 8.72. The second-order valence-corrected chi connectivity index (χ2v) is 8.23. The van der Waals surface area contributed by atoms with E-state index < -0.39 is 0 Å². The predicted molar refractivity (Wildman–Crippen MR) is 104 cm³/mol. The zero-order chi connectivity index (χ0) is 17.6. The molecule has 5 nitrogen and oxygen atoms in total. The maximum absolute atomic E-state index is 4.53. The number of aliphatic imine (C=N–C) groups is 1. The van der Waals surface area contributed by atoms with Crippen LogP contribution in [0.2, 0.25) is 0 Å². The van der Waals surface area contributed by atoms with Crippen LogP contribution < -0.4 is 5.32 Å². The van der Waals surface area contributed by atoms with Crippen LogP contribution in [0.1, 0.15) is 51.0 Å². The van der Waals surface area contributed by atoms with Crippen LogP contribution in [0.15, 0.2) is 17.4 Å². The molecule has 1 aliphatic carbocycles. The summed E-state index contributed by atoms with van der Waals surface area (Å²) in [6.45, 7) is 5.69. The Bertz CT molecular complexity index is 564. The highest BCUT2D eigenvalue weighted by molar-refractivity contribution is 5.80. The fourth-order valence-electron chi connectivity index (χ4n) is 4.64. The summed E-state index contributed by atoms with van der Waals surface area (Å²) < 4.78 is 1.90. The van der Waals surface area contributed by atoms with Crippen molar-refractivity contribution in [1.82, 2.24) is 20.0 Å². The van der Waals surface area contributed by atoms with Gasteiger partial charge in [0.1, 0.15) is 0 Å². The molecule has 1 saturated heterocycles. The highest BCUT2D eigenvalue weighted by Crippen LogP contribution is 2.30. The molecule has 140 valence electrons. The van der Waals surface area contributed by atoms with Crippen molar-refractivity contribution in [2.24, 2.45) is 29.8 Å². The number of hydrogen-bond donors (Lipinski definition) is 1. The topological polar surface area (TPSA) is 45.5 Å². The first kappa shape index (κ1) is 18.3. The maximum atomic E-state index is 4.53. The third-order valence-electron chi connectivity index (χ3n) is 5.96. The number of hydrogen-bond acceptors (Lipinski definition) is 2. The van der Waals surface area contributed by atoms with E-state index in [0.29, 0.717) is 5.92 Å².